The fraction of sp³-hybridized carbons (Fsp3) is 0.259. The SMILES string of the molecule is CC(C)C[C@@H](NC(=O)c1ccc(Cl)cc1Cl)c1nnc(SCC(=O)Nc2ccc3ccccc3c2)n1C. The molecule has 0 fully saturated rings. The highest BCUT2D eigenvalue weighted by Crippen LogP contribution is 2.26. The van der Waals surface area contributed by atoms with Crippen LogP contribution in [0.5, 0.6) is 0 Å². The Morgan fingerprint density at radius 2 is 1.76 bits per heavy atom. The minimum Gasteiger partial charge on any atom is -0.342 e. The highest BCUT2D eigenvalue weighted by Gasteiger charge is 2.24. The van der Waals surface area contributed by atoms with E-state index in [1.165, 1.54) is 17.8 Å². The number of nitrogens with zero attached hydrogens (tertiary/aromatic N) is 3. The van der Waals surface area contributed by atoms with Gasteiger partial charge in [0.25, 0.3) is 5.91 Å². The van der Waals surface area contributed by atoms with E-state index >= 15 is 0 Å². The minimum absolute atomic E-state index is 0.144. The first-order valence-electron chi connectivity index (χ1n) is 11.8. The molecule has 3 aromatic carbocycles. The van der Waals surface area contributed by atoms with Gasteiger partial charge in [0, 0.05) is 17.8 Å². The van der Waals surface area contributed by atoms with Crippen LogP contribution in [0.2, 0.25) is 10.0 Å². The molecule has 0 aliphatic rings. The Kier molecular flexibility index (Phi) is 8.74. The quantitative estimate of drug-likeness (QED) is 0.229. The molecule has 0 saturated carbocycles. The molecule has 10 heteroatoms. The normalized spacial score (nSPS) is 12.1. The van der Waals surface area contributed by atoms with Gasteiger partial charge in [-0.3, -0.25) is 9.59 Å². The number of hydrogen-bond acceptors (Lipinski definition) is 5. The number of anilines is 1. The molecule has 4 aromatic rings. The van der Waals surface area contributed by atoms with Crippen molar-refractivity contribution in [2.75, 3.05) is 11.1 Å². The van der Waals surface area contributed by atoms with Crippen molar-refractivity contribution in [1.29, 1.82) is 0 Å². The van der Waals surface area contributed by atoms with Gasteiger partial charge in [0.2, 0.25) is 5.91 Å². The Balaban J connectivity index is 1.43. The monoisotopic (exact) mass is 555 g/mol. The Hall–Kier alpha value is -3.07. The van der Waals surface area contributed by atoms with Gasteiger partial charge in [-0.2, -0.15) is 0 Å². The molecule has 2 N–H and O–H groups in total. The van der Waals surface area contributed by atoms with Crippen molar-refractivity contribution < 1.29 is 9.59 Å². The number of carbonyl (C=O) groups excluding carboxylic acids is 2. The van der Waals surface area contributed by atoms with Crippen LogP contribution in [0.3, 0.4) is 0 Å². The molecule has 0 radical (unpaired) electrons. The maximum Gasteiger partial charge on any atom is 0.253 e. The second-order valence-electron chi connectivity index (χ2n) is 9.08. The van der Waals surface area contributed by atoms with Crippen molar-refractivity contribution in [3.05, 3.63) is 82.1 Å². The van der Waals surface area contributed by atoms with Crippen LogP contribution in [0.1, 0.15) is 42.5 Å². The zero-order chi connectivity index (χ0) is 26.5. The van der Waals surface area contributed by atoms with Gasteiger partial charge >= 0.3 is 0 Å². The number of fused-ring (bicyclic) bond motifs is 1. The maximum atomic E-state index is 13.0. The molecule has 0 saturated heterocycles. The summed E-state index contributed by atoms with van der Waals surface area (Å²) in [4.78, 5) is 25.6. The van der Waals surface area contributed by atoms with E-state index in [9.17, 15) is 9.59 Å². The highest BCUT2D eigenvalue weighted by molar-refractivity contribution is 7.99. The summed E-state index contributed by atoms with van der Waals surface area (Å²) in [5.41, 5.74) is 1.07. The first-order chi connectivity index (χ1) is 17.7. The van der Waals surface area contributed by atoms with Crippen LogP contribution in [0.15, 0.2) is 65.8 Å². The lowest BCUT2D eigenvalue weighted by Crippen LogP contribution is -2.31. The van der Waals surface area contributed by atoms with E-state index in [1.807, 2.05) is 54.1 Å². The first kappa shape index (κ1) is 27.0. The summed E-state index contributed by atoms with van der Waals surface area (Å²) in [6.07, 6.45) is 0.649. The summed E-state index contributed by atoms with van der Waals surface area (Å²) in [7, 11) is 1.83. The number of halogens is 2. The molecule has 0 aliphatic carbocycles. The average Bonchev–Trinajstić information content (AvgIpc) is 3.22. The van der Waals surface area contributed by atoms with Crippen molar-refractivity contribution in [2.45, 2.75) is 31.5 Å². The number of aromatic nitrogens is 3. The van der Waals surface area contributed by atoms with Crippen molar-refractivity contribution in [3.8, 4) is 0 Å². The van der Waals surface area contributed by atoms with E-state index in [4.69, 9.17) is 23.2 Å². The Morgan fingerprint density at radius 3 is 2.49 bits per heavy atom. The maximum absolute atomic E-state index is 13.0. The second-order valence-corrected chi connectivity index (χ2v) is 10.9. The number of amides is 2. The molecule has 0 aliphatic heterocycles. The van der Waals surface area contributed by atoms with Gasteiger partial charge in [0.15, 0.2) is 11.0 Å². The van der Waals surface area contributed by atoms with Gasteiger partial charge in [0.1, 0.15) is 0 Å². The molecule has 192 valence electrons. The number of benzene rings is 3. The fourth-order valence-electron chi connectivity index (χ4n) is 3.96. The van der Waals surface area contributed by atoms with E-state index in [0.717, 1.165) is 16.5 Å². The molecule has 0 spiro atoms. The predicted octanol–water partition coefficient (Wildman–Crippen LogP) is 6.52. The van der Waals surface area contributed by atoms with E-state index in [-0.39, 0.29) is 28.5 Å². The molecule has 0 bridgehead atoms. The van der Waals surface area contributed by atoms with E-state index in [0.29, 0.717) is 28.0 Å². The smallest absolute Gasteiger partial charge is 0.253 e. The van der Waals surface area contributed by atoms with Crippen LogP contribution < -0.4 is 10.6 Å². The summed E-state index contributed by atoms with van der Waals surface area (Å²) in [5, 5.41) is 18.1. The molecule has 4 rings (SSSR count). The number of nitrogens with one attached hydrogen (secondary N) is 2. The van der Waals surface area contributed by atoms with Gasteiger partial charge in [-0.25, -0.2) is 0 Å². The third kappa shape index (κ3) is 6.83. The molecule has 7 nitrogen and oxygen atoms in total. The largest absolute Gasteiger partial charge is 0.342 e. The summed E-state index contributed by atoms with van der Waals surface area (Å²) < 4.78 is 1.81. The van der Waals surface area contributed by atoms with Crippen LogP contribution in [-0.4, -0.2) is 32.3 Å². The van der Waals surface area contributed by atoms with Crippen molar-refractivity contribution in [1.82, 2.24) is 20.1 Å². The zero-order valence-electron chi connectivity index (χ0n) is 20.7. The average molecular weight is 557 g/mol. The summed E-state index contributed by atoms with van der Waals surface area (Å²) in [6.45, 7) is 4.13. The second kappa shape index (κ2) is 12.0. The number of carbonyl (C=O) groups is 2. The number of thioether (sulfide) groups is 1. The molecule has 2 amide bonds. The van der Waals surface area contributed by atoms with Gasteiger partial charge in [0.05, 0.1) is 22.4 Å². The number of rotatable bonds is 9. The Morgan fingerprint density at radius 1 is 1.00 bits per heavy atom. The summed E-state index contributed by atoms with van der Waals surface area (Å²) in [6, 6.07) is 18.2. The van der Waals surface area contributed by atoms with Gasteiger partial charge < -0.3 is 15.2 Å². The lowest BCUT2D eigenvalue weighted by Gasteiger charge is -2.20. The minimum atomic E-state index is -0.391. The van der Waals surface area contributed by atoms with Crippen LogP contribution in [0.4, 0.5) is 5.69 Å². The molecular formula is C27H27Cl2N5O2S. The van der Waals surface area contributed by atoms with Crippen molar-refractivity contribution >= 4 is 63.2 Å². The van der Waals surface area contributed by atoms with Gasteiger partial charge in [-0.1, -0.05) is 79.1 Å². The van der Waals surface area contributed by atoms with Crippen molar-refractivity contribution in [2.24, 2.45) is 13.0 Å². The third-order valence-corrected chi connectivity index (χ3v) is 7.30. The molecule has 1 aromatic heterocycles. The van der Waals surface area contributed by atoms with Crippen molar-refractivity contribution in [3.63, 3.8) is 0 Å². The summed E-state index contributed by atoms with van der Waals surface area (Å²) in [5.74, 6) is 0.588. The van der Waals surface area contributed by atoms with Crippen LogP contribution >= 0.6 is 35.0 Å². The highest BCUT2D eigenvalue weighted by atomic mass is 35.5. The molecular weight excluding hydrogens is 529 g/mol. The molecule has 37 heavy (non-hydrogen) atoms. The number of hydrogen-bond donors (Lipinski definition) is 2. The van der Waals surface area contributed by atoms with Gasteiger partial charge in [-0.05, 0) is 53.4 Å². The molecule has 1 heterocycles. The lowest BCUT2D eigenvalue weighted by molar-refractivity contribution is -0.113. The molecule has 0 unspecified atom stereocenters. The predicted molar refractivity (Wildman–Crippen MR) is 150 cm³/mol. The van der Waals surface area contributed by atoms with E-state index in [1.54, 1.807) is 12.1 Å². The Labute approximate surface area is 229 Å². The lowest BCUT2D eigenvalue weighted by atomic mass is 10.0. The summed E-state index contributed by atoms with van der Waals surface area (Å²) >= 11 is 13.5. The van der Waals surface area contributed by atoms with E-state index < -0.39 is 6.04 Å². The van der Waals surface area contributed by atoms with Crippen LogP contribution in [0.25, 0.3) is 10.8 Å². The van der Waals surface area contributed by atoms with E-state index in [2.05, 4.69) is 34.7 Å². The van der Waals surface area contributed by atoms with Crippen LogP contribution in [0, 0.1) is 5.92 Å². The topological polar surface area (TPSA) is 88.9 Å². The van der Waals surface area contributed by atoms with Gasteiger partial charge in [-0.15, -0.1) is 10.2 Å². The molecule has 1 atom stereocenters. The van der Waals surface area contributed by atoms with Crippen LogP contribution in [-0.2, 0) is 11.8 Å². The zero-order valence-corrected chi connectivity index (χ0v) is 23.0. The first-order valence-corrected chi connectivity index (χ1v) is 13.5. The Bertz CT molecular complexity index is 1440. The fourth-order valence-corrected chi connectivity index (χ4v) is 5.17. The third-order valence-electron chi connectivity index (χ3n) is 5.73. The standard InChI is InChI=1S/C27H27Cl2N5O2S/c1-16(2)12-23(31-26(36)21-11-9-19(28)14-22(21)29)25-32-33-27(34(25)3)37-15-24(35)30-20-10-8-17-6-4-5-7-18(17)13-20/h4-11,13-14,16,23H,12,15H2,1-3H3,(H,30,35)(H,31,36)/t23-/m1/s1.